The average molecular weight is 353 g/mol. The highest BCUT2D eigenvalue weighted by atomic mass is 16.5. The zero-order valence-electron chi connectivity index (χ0n) is 15.0. The third-order valence-electron chi connectivity index (χ3n) is 4.47. The number of carbonyl (C=O) groups is 2. The van der Waals surface area contributed by atoms with E-state index in [4.69, 9.17) is 4.74 Å². The number of nitrogens with zero attached hydrogens (tertiary/aromatic N) is 1. The van der Waals surface area contributed by atoms with Gasteiger partial charge in [-0.15, -0.1) is 0 Å². The van der Waals surface area contributed by atoms with Gasteiger partial charge in [0.2, 0.25) is 5.91 Å². The van der Waals surface area contributed by atoms with Gasteiger partial charge in [0.1, 0.15) is 5.75 Å². The van der Waals surface area contributed by atoms with Gasteiger partial charge in [-0.25, -0.2) is 0 Å². The Balaban J connectivity index is 1.68. The average Bonchev–Trinajstić information content (AvgIpc) is 2.66. The van der Waals surface area contributed by atoms with E-state index < -0.39 is 6.10 Å². The molecule has 2 aromatic rings. The van der Waals surface area contributed by atoms with Crippen LogP contribution in [0.5, 0.6) is 5.75 Å². The van der Waals surface area contributed by atoms with Crippen molar-refractivity contribution in [1.29, 1.82) is 0 Å². The van der Waals surface area contributed by atoms with Crippen LogP contribution in [-0.4, -0.2) is 38.1 Å². The smallest absolute Gasteiger partial charge is 0.262 e. The van der Waals surface area contributed by atoms with Crippen LogP contribution in [0.1, 0.15) is 11.1 Å². The van der Waals surface area contributed by atoms with Crippen LogP contribution in [0.4, 0.5) is 5.69 Å². The summed E-state index contributed by atoms with van der Waals surface area (Å²) in [6.45, 7) is 3.00. The number of nitrogens with one attached hydrogen (secondary N) is 2. The highest BCUT2D eigenvalue weighted by molar-refractivity contribution is 5.86. The number of rotatable bonds is 5. The highest BCUT2D eigenvalue weighted by Gasteiger charge is 2.30. The number of ether oxygens (including phenoxy) is 1. The van der Waals surface area contributed by atoms with Gasteiger partial charge in [0, 0.05) is 13.6 Å². The first-order valence-electron chi connectivity index (χ1n) is 8.62. The Kier molecular flexibility index (Phi) is 5.41. The fourth-order valence-electron chi connectivity index (χ4n) is 2.99. The van der Waals surface area contributed by atoms with Crippen molar-refractivity contribution in [2.24, 2.45) is 0 Å². The molecule has 1 aliphatic heterocycles. The quantitative estimate of drug-likeness (QED) is 0.857. The first-order chi connectivity index (χ1) is 12.6. The summed E-state index contributed by atoms with van der Waals surface area (Å²) in [6.07, 6.45) is -0.640. The molecule has 6 heteroatoms. The van der Waals surface area contributed by atoms with Crippen molar-refractivity contribution in [2.75, 3.05) is 25.0 Å². The number of aryl methyl sites for hydroxylation is 1. The summed E-state index contributed by atoms with van der Waals surface area (Å²) >= 11 is 0. The van der Waals surface area contributed by atoms with Crippen LogP contribution >= 0.6 is 0 Å². The van der Waals surface area contributed by atoms with Gasteiger partial charge >= 0.3 is 0 Å². The molecule has 26 heavy (non-hydrogen) atoms. The molecule has 1 atom stereocenters. The number of hydrogen-bond donors (Lipinski definition) is 2. The van der Waals surface area contributed by atoms with Gasteiger partial charge in [-0.3, -0.25) is 9.59 Å². The number of benzene rings is 2. The molecule has 136 valence electrons. The Bertz CT molecular complexity index is 806. The van der Waals surface area contributed by atoms with Gasteiger partial charge in [-0.1, -0.05) is 36.4 Å². The summed E-state index contributed by atoms with van der Waals surface area (Å²) in [5.74, 6) is 0.310. The van der Waals surface area contributed by atoms with Crippen molar-refractivity contribution in [2.45, 2.75) is 19.6 Å². The molecule has 6 nitrogen and oxygen atoms in total. The van der Waals surface area contributed by atoms with Gasteiger partial charge in [0.05, 0.1) is 18.8 Å². The summed E-state index contributed by atoms with van der Waals surface area (Å²) in [7, 11) is 1.57. The molecular weight excluding hydrogens is 330 g/mol. The van der Waals surface area contributed by atoms with Gasteiger partial charge in [0.25, 0.3) is 5.91 Å². The second-order valence-electron chi connectivity index (χ2n) is 6.27. The van der Waals surface area contributed by atoms with Crippen molar-refractivity contribution in [1.82, 2.24) is 10.6 Å². The molecule has 1 aliphatic rings. The van der Waals surface area contributed by atoms with Gasteiger partial charge in [-0.05, 0) is 30.2 Å². The van der Waals surface area contributed by atoms with Crippen LogP contribution in [0, 0.1) is 6.92 Å². The molecule has 3 rings (SSSR count). The molecule has 0 unspecified atom stereocenters. The predicted octanol–water partition coefficient (Wildman–Crippen LogP) is 1.62. The minimum absolute atomic E-state index is 0.0967. The normalized spacial score (nSPS) is 15.6. The molecule has 2 aromatic carbocycles. The molecule has 0 aromatic heterocycles. The van der Waals surface area contributed by atoms with Gasteiger partial charge in [0.15, 0.2) is 6.10 Å². The summed E-state index contributed by atoms with van der Waals surface area (Å²) in [4.78, 5) is 26.3. The van der Waals surface area contributed by atoms with Crippen molar-refractivity contribution in [3.05, 3.63) is 59.7 Å². The lowest BCUT2D eigenvalue weighted by Crippen LogP contribution is -2.50. The maximum Gasteiger partial charge on any atom is 0.262 e. The lowest BCUT2D eigenvalue weighted by Gasteiger charge is -2.35. The molecule has 0 fully saturated rings. The minimum Gasteiger partial charge on any atom is -0.477 e. The predicted molar refractivity (Wildman–Crippen MR) is 100 cm³/mol. The van der Waals surface area contributed by atoms with E-state index in [1.165, 1.54) is 0 Å². The molecule has 0 spiro atoms. The maximum absolute atomic E-state index is 12.5. The van der Waals surface area contributed by atoms with Crippen molar-refractivity contribution >= 4 is 17.5 Å². The fourth-order valence-corrected chi connectivity index (χ4v) is 2.99. The SMILES string of the molecule is CNC(=O)[C@@H]1CN(CC(=O)NCc2ccccc2C)c2ccccc2O1. The number of amides is 2. The van der Waals surface area contributed by atoms with Crippen LogP contribution in [0.15, 0.2) is 48.5 Å². The van der Waals surface area contributed by atoms with Gasteiger partial charge < -0.3 is 20.3 Å². The van der Waals surface area contributed by atoms with Crippen LogP contribution < -0.4 is 20.3 Å². The number of fused-ring (bicyclic) bond motifs is 1. The second-order valence-corrected chi connectivity index (χ2v) is 6.27. The van der Waals surface area contributed by atoms with Crippen molar-refractivity contribution in [3.8, 4) is 5.75 Å². The first-order valence-corrected chi connectivity index (χ1v) is 8.62. The molecule has 0 saturated carbocycles. The summed E-state index contributed by atoms with van der Waals surface area (Å²) in [6, 6.07) is 15.4. The summed E-state index contributed by atoms with van der Waals surface area (Å²) in [5.41, 5.74) is 3.05. The standard InChI is InChI=1S/C20H23N3O3/c1-14-7-3-4-8-15(14)11-22-19(24)13-23-12-18(20(25)21-2)26-17-10-6-5-9-16(17)23/h3-10,18H,11-13H2,1-2H3,(H,21,25)(H,22,24)/t18-/m0/s1. The molecule has 0 saturated heterocycles. The second kappa shape index (κ2) is 7.91. The van der Waals surface area contributed by atoms with E-state index in [0.29, 0.717) is 18.8 Å². The van der Waals surface area contributed by atoms with Crippen molar-refractivity contribution in [3.63, 3.8) is 0 Å². The van der Waals surface area contributed by atoms with E-state index in [2.05, 4.69) is 10.6 Å². The van der Waals surface area contributed by atoms with E-state index in [-0.39, 0.29) is 18.4 Å². The summed E-state index contributed by atoms with van der Waals surface area (Å²) in [5, 5.41) is 5.56. The number of para-hydroxylation sites is 2. The Hall–Kier alpha value is -3.02. The summed E-state index contributed by atoms with van der Waals surface area (Å²) < 4.78 is 5.76. The minimum atomic E-state index is -0.640. The van der Waals surface area contributed by atoms with Gasteiger partial charge in [-0.2, -0.15) is 0 Å². The third-order valence-corrected chi connectivity index (χ3v) is 4.47. The zero-order valence-corrected chi connectivity index (χ0v) is 15.0. The zero-order chi connectivity index (χ0) is 18.5. The lowest BCUT2D eigenvalue weighted by atomic mass is 10.1. The van der Waals surface area contributed by atoms with Crippen LogP contribution in [0.25, 0.3) is 0 Å². The van der Waals surface area contributed by atoms with E-state index in [1.807, 2.05) is 60.4 Å². The molecule has 0 radical (unpaired) electrons. The van der Waals surface area contributed by atoms with E-state index in [1.54, 1.807) is 7.05 Å². The third kappa shape index (κ3) is 3.96. The maximum atomic E-state index is 12.5. The topological polar surface area (TPSA) is 70.7 Å². The molecule has 0 bridgehead atoms. The number of hydrogen-bond acceptors (Lipinski definition) is 4. The van der Waals surface area contributed by atoms with E-state index >= 15 is 0 Å². The fraction of sp³-hybridized carbons (Fsp3) is 0.300. The van der Waals surface area contributed by atoms with E-state index in [0.717, 1.165) is 16.8 Å². The van der Waals surface area contributed by atoms with Crippen LogP contribution in [0.3, 0.4) is 0 Å². The number of carbonyl (C=O) groups excluding carboxylic acids is 2. The Morgan fingerprint density at radius 1 is 1.15 bits per heavy atom. The first kappa shape index (κ1) is 17.8. The monoisotopic (exact) mass is 353 g/mol. The Labute approximate surface area is 153 Å². The lowest BCUT2D eigenvalue weighted by molar-refractivity contribution is -0.127. The van der Waals surface area contributed by atoms with Crippen LogP contribution in [0.2, 0.25) is 0 Å². The molecule has 2 N–H and O–H groups in total. The number of anilines is 1. The van der Waals surface area contributed by atoms with Crippen LogP contribution in [-0.2, 0) is 16.1 Å². The number of likely N-dealkylation sites (N-methyl/N-ethyl adjacent to an activating group) is 1. The highest BCUT2D eigenvalue weighted by Crippen LogP contribution is 2.32. The Morgan fingerprint density at radius 3 is 2.65 bits per heavy atom. The molecule has 2 amide bonds. The van der Waals surface area contributed by atoms with Crippen molar-refractivity contribution < 1.29 is 14.3 Å². The van der Waals surface area contributed by atoms with E-state index in [9.17, 15) is 9.59 Å². The molecule has 1 heterocycles. The largest absolute Gasteiger partial charge is 0.477 e. The molecule has 0 aliphatic carbocycles. The Morgan fingerprint density at radius 2 is 1.88 bits per heavy atom. The molecular formula is C20H23N3O3.